The topological polar surface area (TPSA) is 65.2 Å². The quantitative estimate of drug-likeness (QED) is 0.681. The molecule has 2 atom stereocenters. The van der Waals surface area contributed by atoms with Gasteiger partial charge in [0, 0.05) is 11.1 Å². The third kappa shape index (κ3) is 2.96. The standard InChI is InChI=1S/C14H19ClN4O/c15-10-5-3-4-9(8-10)12-13(18-19-17-12)14(20)16-11-6-1-2-7-11/h3-5,8,11-13,17-19H,1-2,6-7H2,(H,16,20). The third-order valence-corrected chi connectivity index (χ3v) is 4.22. The first-order valence-electron chi connectivity index (χ1n) is 7.06. The highest BCUT2D eigenvalue weighted by Crippen LogP contribution is 2.23. The zero-order chi connectivity index (χ0) is 13.9. The highest BCUT2D eigenvalue weighted by Gasteiger charge is 2.35. The van der Waals surface area contributed by atoms with Crippen molar-refractivity contribution in [1.82, 2.24) is 21.7 Å². The Balaban J connectivity index is 1.70. The molecule has 6 heteroatoms. The van der Waals surface area contributed by atoms with Crippen molar-refractivity contribution in [2.45, 2.75) is 43.8 Å². The summed E-state index contributed by atoms with van der Waals surface area (Å²) >= 11 is 6.02. The molecule has 4 N–H and O–H groups in total. The molecule has 108 valence electrons. The van der Waals surface area contributed by atoms with Crippen LogP contribution in [-0.4, -0.2) is 18.0 Å². The van der Waals surface area contributed by atoms with Gasteiger partial charge >= 0.3 is 0 Å². The fraction of sp³-hybridized carbons (Fsp3) is 0.500. The van der Waals surface area contributed by atoms with Crippen LogP contribution < -0.4 is 21.7 Å². The second kappa shape index (κ2) is 6.10. The Kier molecular flexibility index (Phi) is 4.21. The first-order valence-corrected chi connectivity index (χ1v) is 7.44. The van der Waals surface area contributed by atoms with Crippen molar-refractivity contribution in [3.05, 3.63) is 34.9 Å². The number of hydrogen-bond donors (Lipinski definition) is 4. The van der Waals surface area contributed by atoms with Gasteiger partial charge in [-0.2, -0.15) is 5.53 Å². The van der Waals surface area contributed by atoms with Crippen molar-refractivity contribution < 1.29 is 4.79 Å². The van der Waals surface area contributed by atoms with Crippen LogP contribution in [-0.2, 0) is 4.79 Å². The Labute approximate surface area is 123 Å². The minimum Gasteiger partial charge on any atom is -0.352 e. The van der Waals surface area contributed by atoms with E-state index in [0.717, 1.165) is 18.4 Å². The van der Waals surface area contributed by atoms with Gasteiger partial charge in [0.15, 0.2) is 0 Å². The van der Waals surface area contributed by atoms with Gasteiger partial charge in [-0.15, -0.1) is 0 Å². The number of hydrazine groups is 2. The molecule has 0 bridgehead atoms. The normalized spacial score (nSPS) is 26.9. The van der Waals surface area contributed by atoms with Gasteiger partial charge in [0.05, 0.1) is 6.04 Å². The van der Waals surface area contributed by atoms with E-state index in [-0.39, 0.29) is 18.0 Å². The number of benzene rings is 1. The Morgan fingerprint density at radius 2 is 2.05 bits per heavy atom. The van der Waals surface area contributed by atoms with Crippen molar-refractivity contribution >= 4 is 17.5 Å². The highest BCUT2D eigenvalue weighted by atomic mass is 35.5. The molecule has 3 rings (SSSR count). The molecule has 2 aliphatic rings. The van der Waals surface area contributed by atoms with Crippen LogP contribution in [0.3, 0.4) is 0 Å². The van der Waals surface area contributed by atoms with Crippen molar-refractivity contribution in [3.8, 4) is 0 Å². The minimum absolute atomic E-state index is 0.0272. The first-order chi connectivity index (χ1) is 9.74. The molecule has 1 aliphatic carbocycles. The van der Waals surface area contributed by atoms with Gasteiger partial charge in [-0.25, -0.2) is 10.9 Å². The van der Waals surface area contributed by atoms with Gasteiger partial charge in [0.1, 0.15) is 6.04 Å². The first kappa shape index (κ1) is 13.8. The average Bonchev–Trinajstić information content (AvgIpc) is 3.09. The van der Waals surface area contributed by atoms with Crippen LogP contribution >= 0.6 is 11.6 Å². The second-order valence-corrected chi connectivity index (χ2v) is 5.85. The maximum absolute atomic E-state index is 12.4. The lowest BCUT2D eigenvalue weighted by molar-refractivity contribution is -0.123. The predicted molar refractivity (Wildman–Crippen MR) is 77.8 cm³/mol. The lowest BCUT2D eigenvalue weighted by Crippen LogP contribution is -2.47. The van der Waals surface area contributed by atoms with Crippen molar-refractivity contribution in [2.75, 3.05) is 0 Å². The summed E-state index contributed by atoms with van der Waals surface area (Å²) < 4.78 is 0. The number of carbonyl (C=O) groups is 1. The maximum atomic E-state index is 12.4. The van der Waals surface area contributed by atoms with Crippen LogP contribution in [0.5, 0.6) is 0 Å². The molecular weight excluding hydrogens is 276 g/mol. The summed E-state index contributed by atoms with van der Waals surface area (Å²) in [5.74, 6) is 0.0272. The molecule has 0 spiro atoms. The zero-order valence-electron chi connectivity index (χ0n) is 11.2. The van der Waals surface area contributed by atoms with E-state index in [9.17, 15) is 4.79 Å². The van der Waals surface area contributed by atoms with Gasteiger partial charge in [-0.05, 0) is 30.5 Å². The van der Waals surface area contributed by atoms with Gasteiger partial charge in [-0.3, -0.25) is 4.79 Å². The number of amides is 1. The lowest BCUT2D eigenvalue weighted by Gasteiger charge is -2.20. The molecule has 1 saturated heterocycles. The second-order valence-electron chi connectivity index (χ2n) is 5.41. The van der Waals surface area contributed by atoms with E-state index in [4.69, 9.17) is 11.6 Å². The van der Waals surface area contributed by atoms with E-state index in [1.54, 1.807) is 0 Å². The molecule has 20 heavy (non-hydrogen) atoms. The number of hydrogen-bond acceptors (Lipinski definition) is 4. The van der Waals surface area contributed by atoms with Gasteiger partial charge in [-0.1, -0.05) is 36.6 Å². The smallest absolute Gasteiger partial charge is 0.240 e. The van der Waals surface area contributed by atoms with E-state index >= 15 is 0 Å². The fourth-order valence-corrected chi connectivity index (χ4v) is 3.12. The van der Waals surface area contributed by atoms with E-state index < -0.39 is 0 Å². The molecule has 5 nitrogen and oxygen atoms in total. The van der Waals surface area contributed by atoms with E-state index in [1.165, 1.54) is 12.8 Å². The summed E-state index contributed by atoms with van der Waals surface area (Å²) in [4.78, 5) is 12.4. The molecule has 2 unspecified atom stereocenters. The molecule has 1 aromatic carbocycles. The molecule has 1 aromatic rings. The van der Waals surface area contributed by atoms with Crippen LogP contribution in [0.15, 0.2) is 24.3 Å². The number of carbonyl (C=O) groups excluding carboxylic acids is 1. The maximum Gasteiger partial charge on any atom is 0.240 e. The summed E-state index contributed by atoms with van der Waals surface area (Å²) in [6.45, 7) is 0. The van der Waals surface area contributed by atoms with Crippen molar-refractivity contribution in [3.63, 3.8) is 0 Å². The van der Waals surface area contributed by atoms with E-state index in [1.807, 2.05) is 24.3 Å². The van der Waals surface area contributed by atoms with Gasteiger partial charge in [0.25, 0.3) is 0 Å². The van der Waals surface area contributed by atoms with Crippen LogP contribution in [0.1, 0.15) is 37.3 Å². The van der Waals surface area contributed by atoms with Gasteiger partial charge < -0.3 is 5.32 Å². The molecular formula is C14H19ClN4O. The van der Waals surface area contributed by atoms with Gasteiger partial charge in [0.2, 0.25) is 5.91 Å². The number of rotatable bonds is 3. The zero-order valence-corrected chi connectivity index (χ0v) is 11.9. The third-order valence-electron chi connectivity index (χ3n) is 3.98. The molecule has 1 aliphatic heterocycles. The Bertz CT molecular complexity index is 490. The van der Waals surface area contributed by atoms with Crippen LogP contribution in [0, 0.1) is 0 Å². The number of nitrogens with one attached hydrogen (secondary N) is 4. The highest BCUT2D eigenvalue weighted by molar-refractivity contribution is 6.30. The minimum atomic E-state index is -0.339. The number of halogens is 1. The molecule has 1 amide bonds. The van der Waals surface area contributed by atoms with Crippen LogP contribution in [0.25, 0.3) is 0 Å². The average molecular weight is 295 g/mol. The van der Waals surface area contributed by atoms with Crippen LogP contribution in [0.4, 0.5) is 0 Å². The molecule has 0 aromatic heterocycles. The molecule has 1 saturated carbocycles. The van der Waals surface area contributed by atoms with Crippen LogP contribution in [0.2, 0.25) is 5.02 Å². The molecule has 1 heterocycles. The summed E-state index contributed by atoms with van der Waals surface area (Å²) in [5, 5.41) is 3.79. The Hall–Kier alpha value is -1.14. The van der Waals surface area contributed by atoms with Crippen molar-refractivity contribution in [2.24, 2.45) is 0 Å². The Morgan fingerprint density at radius 1 is 1.25 bits per heavy atom. The summed E-state index contributed by atoms with van der Waals surface area (Å²) in [5.41, 5.74) is 9.89. The fourth-order valence-electron chi connectivity index (χ4n) is 2.92. The largest absolute Gasteiger partial charge is 0.352 e. The molecule has 0 radical (unpaired) electrons. The molecule has 2 fully saturated rings. The Morgan fingerprint density at radius 3 is 2.80 bits per heavy atom. The SMILES string of the molecule is O=C(NC1CCCC1)C1NNNC1c1cccc(Cl)c1. The van der Waals surface area contributed by atoms with E-state index in [2.05, 4.69) is 21.7 Å². The predicted octanol–water partition coefficient (Wildman–Crippen LogP) is 1.42. The van der Waals surface area contributed by atoms with Crippen molar-refractivity contribution in [1.29, 1.82) is 0 Å². The summed E-state index contributed by atoms with van der Waals surface area (Å²) in [6.07, 6.45) is 4.58. The monoisotopic (exact) mass is 294 g/mol. The van der Waals surface area contributed by atoms with E-state index in [0.29, 0.717) is 11.1 Å². The summed E-state index contributed by atoms with van der Waals surface area (Å²) in [6, 6.07) is 7.42. The summed E-state index contributed by atoms with van der Waals surface area (Å²) in [7, 11) is 0. The lowest BCUT2D eigenvalue weighted by atomic mass is 10.00.